The third-order valence-electron chi connectivity index (χ3n) is 3.48. The molecule has 5 heteroatoms. The number of hydrogen-bond donors (Lipinski definition) is 0. The first-order valence-corrected chi connectivity index (χ1v) is 6.95. The summed E-state index contributed by atoms with van der Waals surface area (Å²) in [5.41, 5.74) is 0.514. The van der Waals surface area contributed by atoms with E-state index in [1.807, 2.05) is 19.9 Å². The zero-order chi connectivity index (χ0) is 14.9. The van der Waals surface area contributed by atoms with Crippen LogP contribution < -0.4 is 0 Å². The maximum Gasteiger partial charge on any atom is 0.338 e. The number of ether oxygens (including phenoxy) is 4. The predicted molar refractivity (Wildman–Crippen MR) is 74.6 cm³/mol. The number of hydrogen-bond acceptors (Lipinski definition) is 5. The van der Waals surface area contributed by atoms with E-state index in [4.69, 9.17) is 18.9 Å². The minimum absolute atomic E-state index is 0.267. The summed E-state index contributed by atoms with van der Waals surface area (Å²) in [6.07, 6.45) is 2.11. The number of rotatable bonds is 2. The highest BCUT2D eigenvalue weighted by Gasteiger charge is 2.44. The van der Waals surface area contributed by atoms with Crippen LogP contribution in [0.5, 0.6) is 0 Å². The molecule has 0 spiro atoms. The second-order valence-electron chi connectivity index (χ2n) is 5.53. The van der Waals surface area contributed by atoms with E-state index >= 15 is 0 Å². The number of carbonyl (C=O) groups is 1. The Bertz CT molecular complexity index is 537. The van der Waals surface area contributed by atoms with E-state index in [-0.39, 0.29) is 18.2 Å². The van der Waals surface area contributed by atoms with Gasteiger partial charge in [0.2, 0.25) is 0 Å². The Labute approximate surface area is 123 Å². The van der Waals surface area contributed by atoms with Crippen molar-refractivity contribution >= 4 is 5.97 Å². The largest absolute Gasteiger partial charge is 0.493 e. The number of fused-ring (bicyclic) bond motifs is 1. The van der Waals surface area contributed by atoms with Crippen LogP contribution in [0, 0.1) is 0 Å². The van der Waals surface area contributed by atoms with Gasteiger partial charge in [0.05, 0.1) is 18.4 Å². The third-order valence-corrected chi connectivity index (χ3v) is 3.48. The second kappa shape index (κ2) is 5.50. The Kier molecular flexibility index (Phi) is 3.69. The van der Waals surface area contributed by atoms with Crippen LogP contribution in [-0.4, -0.2) is 36.7 Å². The summed E-state index contributed by atoms with van der Waals surface area (Å²) >= 11 is 0. The summed E-state index contributed by atoms with van der Waals surface area (Å²) in [7, 11) is 0. The topological polar surface area (TPSA) is 54.0 Å². The average molecular weight is 290 g/mol. The molecule has 0 unspecified atom stereocenters. The summed E-state index contributed by atoms with van der Waals surface area (Å²) in [6.45, 7) is 4.07. The molecule has 1 aromatic rings. The molecule has 0 bridgehead atoms. The number of esters is 1. The van der Waals surface area contributed by atoms with E-state index < -0.39 is 11.9 Å². The quantitative estimate of drug-likeness (QED) is 0.782. The lowest BCUT2D eigenvalue weighted by Crippen LogP contribution is -2.55. The first kappa shape index (κ1) is 14.1. The minimum Gasteiger partial charge on any atom is -0.493 e. The van der Waals surface area contributed by atoms with E-state index in [1.165, 1.54) is 6.26 Å². The Morgan fingerprint density at radius 1 is 1.29 bits per heavy atom. The maximum atomic E-state index is 12.2. The molecule has 112 valence electrons. The van der Waals surface area contributed by atoms with Crippen molar-refractivity contribution in [2.75, 3.05) is 6.61 Å². The Morgan fingerprint density at radius 3 is 2.81 bits per heavy atom. The molecule has 3 rings (SSSR count). The highest BCUT2D eigenvalue weighted by molar-refractivity contribution is 5.89. The van der Waals surface area contributed by atoms with Gasteiger partial charge in [-0.3, -0.25) is 0 Å². The summed E-state index contributed by atoms with van der Waals surface area (Å²) in [5, 5.41) is 0. The summed E-state index contributed by atoms with van der Waals surface area (Å²) in [6, 6.07) is 8.89. The monoisotopic (exact) mass is 290 g/mol. The standard InChI is InChI=1S/C16H18O5/c1-16(2)19-10-13-14(21-16)12(8-9-18-13)20-15(17)11-6-4-3-5-7-11/h3-9,12-14H,10H2,1-2H3/t12-,13-,14+/m1/s1. The average Bonchev–Trinajstić information content (AvgIpc) is 2.48. The molecule has 21 heavy (non-hydrogen) atoms. The van der Waals surface area contributed by atoms with Crippen LogP contribution in [0.1, 0.15) is 24.2 Å². The molecule has 0 aliphatic carbocycles. The van der Waals surface area contributed by atoms with Gasteiger partial charge in [-0.25, -0.2) is 4.79 Å². The molecule has 1 fully saturated rings. The van der Waals surface area contributed by atoms with Crippen LogP contribution in [0.4, 0.5) is 0 Å². The highest BCUT2D eigenvalue weighted by atomic mass is 16.7. The Hall–Kier alpha value is -1.85. The zero-order valence-corrected chi connectivity index (χ0v) is 12.0. The smallest absolute Gasteiger partial charge is 0.338 e. The van der Waals surface area contributed by atoms with Crippen molar-refractivity contribution in [2.45, 2.75) is 37.9 Å². The molecule has 0 N–H and O–H groups in total. The van der Waals surface area contributed by atoms with Crippen LogP contribution in [0.15, 0.2) is 42.7 Å². The Balaban J connectivity index is 1.73. The van der Waals surface area contributed by atoms with Gasteiger partial charge in [0.1, 0.15) is 6.10 Å². The summed E-state index contributed by atoms with van der Waals surface area (Å²) in [5.74, 6) is -1.09. The molecular weight excluding hydrogens is 272 g/mol. The molecule has 1 aromatic carbocycles. The third kappa shape index (κ3) is 3.09. The normalized spacial score (nSPS) is 30.1. The van der Waals surface area contributed by atoms with E-state index in [1.54, 1.807) is 30.3 Å². The lowest BCUT2D eigenvalue weighted by Gasteiger charge is -2.43. The molecule has 2 aliphatic rings. The van der Waals surface area contributed by atoms with Gasteiger partial charge in [0, 0.05) is 0 Å². The van der Waals surface area contributed by atoms with E-state index in [2.05, 4.69) is 0 Å². The van der Waals surface area contributed by atoms with Crippen molar-refractivity contribution in [3.8, 4) is 0 Å². The predicted octanol–water partition coefficient (Wildman–Crippen LogP) is 2.28. The van der Waals surface area contributed by atoms with Crippen LogP contribution in [-0.2, 0) is 18.9 Å². The lowest BCUT2D eigenvalue weighted by molar-refractivity contribution is -0.318. The van der Waals surface area contributed by atoms with Crippen LogP contribution in [0.2, 0.25) is 0 Å². The van der Waals surface area contributed by atoms with Gasteiger partial charge in [-0.1, -0.05) is 18.2 Å². The molecule has 2 aliphatic heterocycles. The first-order chi connectivity index (χ1) is 10.1. The van der Waals surface area contributed by atoms with E-state index in [9.17, 15) is 4.79 Å². The van der Waals surface area contributed by atoms with Crippen molar-refractivity contribution in [1.29, 1.82) is 0 Å². The van der Waals surface area contributed by atoms with E-state index in [0.29, 0.717) is 12.2 Å². The van der Waals surface area contributed by atoms with Crippen molar-refractivity contribution in [2.24, 2.45) is 0 Å². The zero-order valence-electron chi connectivity index (χ0n) is 12.0. The van der Waals surface area contributed by atoms with Gasteiger partial charge in [-0.15, -0.1) is 0 Å². The molecule has 0 saturated carbocycles. The fourth-order valence-electron chi connectivity index (χ4n) is 2.42. The lowest BCUT2D eigenvalue weighted by atomic mass is 10.0. The van der Waals surface area contributed by atoms with Gasteiger partial charge in [-0.2, -0.15) is 0 Å². The van der Waals surface area contributed by atoms with Crippen molar-refractivity contribution < 1.29 is 23.7 Å². The first-order valence-electron chi connectivity index (χ1n) is 6.95. The minimum atomic E-state index is -0.715. The molecule has 0 aromatic heterocycles. The van der Waals surface area contributed by atoms with Gasteiger partial charge >= 0.3 is 5.97 Å². The molecule has 0 radical (unpaired) electrons. The van der Waals surface area contributed by atoms with Crippen LogP contribution in [0.25, 0.3) is 0 Å². The molecule has 5 nitrogen and oxygen atoms in total. The molecule has 3 atom stereocenters. The van der Waals surface area contributed by atoms with Gasteiger partial charge in [0.25, 0.3) is 0 Å². The fourth-order valence-corrected chi connectivity index (χ4v) is 2.42. The Morgan fingerprint density at radius 2 is 2.05 bits per heavy atom. The molecule has 1 saturated heterocycles. The van der Waals surface area contributed by atoms with Crippen molar-refractivity contribution in [1.82, 2.24) is 0 Å². The molecular formula is C16H18O5. The van der Waals surface area contributed by atoms with Gasteiger partial charge in [-0.05, 0) is 32.1 Å². The maximum absolute atomic E-state index is 12.2. The van der Waals surface area contributed by atoms with Crippen LogP contribution >= 0.6 is 0 Å². The van der Waals surface area contributed by atoms with Gasteiger partial charge in [0.15, 0.2) is 18.0 Å². The summed E-state index contributed by atoms with van der Waals surface area (Å²) < 4.78 is 22.4. The van der Waals surface area contributed by atoms with E-state index in [0.717, 1.165) is 0 Å². The highest BCUT2D eigenvalue weighted by Crippen LogP contribution is 2.30. The number of benzene rings is 1. The fraction of sp³-hybridized carbons (Fsp3) is 0.438. The second-order valence-corrected chi connectivity index (χ2v) is 5.53. The molecule has 0 amide bonds. The van der Waals surface area contributed by atoms with Gasteiger partial charge < -0.3 is 18.9 Å². The van der Waals surface area contributed by atoms with Crippen molar-refractivity contribution in [3.63, 3.8) is 0 Å². The summed E-state index contributed by atoms with van der Waals surface area (Å²) in [4.78, 5) is 12.2. The van der Waals surface area contributed by atoms with Crippen LogP contribution in [0.3, 0.4) is 0 Å². The van der Waals surface area contributed by atoms with Crippen molar-refractivity contribution in [3.05, 3.63) is 48.2 Å². The number of carbonyl (C=O) groups excluding carboxylic acids is 1. The molecule has 2 heterocycles. The SMILES string of the molecule is CC1(C)OC[C@H]2OC=C[C@@H](OC(=O)c3ccccc3)[C@@H]2O1.